The van der Waals surface area contributed by atoms with Gasteiger partial charge in [0.25, 0.3) is 0 Å². The van der Waals surface area contributed by atoms with E-state index < -0.39 is 0 Å². The molecule has 1 aliphatic rings. The van der Waals surface area contributed by atoms with Gasteiger partial charge in [0, 0.05) is 40.8 Å². The molecule has 3 aromatic carbocycles. The standard InChI is InChI=1S/C29H25NO6/c1-4-30-16-19(24-14-21(34-3)10-12-25(24)30)13-28-29(32)23-11-9-22(15-27(23)36-28)35-17-26(31)18-5-7-20(33-2)8-6-18/h5-16H,4,17H2,1-3H3/b28-13-. The van der Waals surface area contributed by atoms with E-state index in [9.17, 15) is 9.59 Å². The molecule has 0 saturated heterocycles. The molecule has 7 nitrogen and oxygen atoms in total. The van der Waals surface area contributed by atoms with E-state index in [0.29, 0.717) is 28.4 Å². The Kier molecular flexibility index (Phi) is 6.21. The molecule has 0 unspecified atom stereocenters. The molecule has 0 N–H and O–H groups in total. The number of benzene rings is 3. The van der Waals surface area contributed by atoms with E-state index in [1.54, 1.807) is 62.8 Å². The van der Waals surface area contributed by atoms with Gasteiger partial charge in [-0.1, -0.05) is 0 Å². The van der Waals surface area contributed by atoms with Crippen LogP contribution in [0.2, 0.25) is 0 Å². The van der Waals surface area contributed by atoms with E-state index in [-0.39, 0.29) is 23.9 Å². The Morgan fingerprint density at radius 1 is 0.944 bits per heavy atom. The van der Waals surface area contributed by atoms with Gasteiger partial charge in [-0.05, 0) is 67.6 Å². The molecule has 0 saturated carbocycles. The monoisotopic (exact) mass is 483 g/mol. The van der Waals surface area contributed by atoms with Crippen molar-refractivity contribution >= 4 is 28.5 Å². The van der Waals surface area contributed by atoms with Crippen LogP contribution in [0.25, 0.3) is 17.0 Å². The zero-order chi connectivity index (χ0) is 25.2. The van der Waals surface area contributed by atoms with E-state index >= 15 is 0 Å². The van der Waals surface area contributed by atoms with Gasteiger partial charge in [-0.15, -0.1) is 0 Å². The van der Waals surface area contributed by atoms with Crippen LogP contribution in [-0.2, 0) is 6.54 Å². The lowest BCUT2D eigenvalue weighted by Crippen LogP contribution is -2.11. The molecule has 5 rings (SSSR count). The van der Waals surface area contributed by atoms with Crippen molar-refractivity contribution in [2.24, 2.45) is 0 Å². The number of methoxy groups -OCH3 is 2. The number of carbonyl (C=O) groups excluding carboxylic acids is 2. The SMILES string of the molecule is CCn1cc(/C=C2\Oc3cc(OCC(=O)c4ccc(OC)cc4)ccc3C2=O)c2cc(OC)ccc21. The molecule has 0 aliphatic carbocycles. The summed E-state index contributed by atoms with van der Waals surface area (Å²) in [4.78, 5) is 25.5. The number of nitrogens with zero attached hydrogens (tertiary/aromatic N) is 1. The third-order valence-electron chi connectivity index (χ3n) is 6.17. The van der Waals surface area contributed by atoms with Gasteiger partial charge in [0.2, 0.25) is 5.78 Å². The predicted molar refractivity (Wildman–Crippen MR) is 136 cm³/mol. The molecule has 1 aromatic heterocycles. The third-order valence-corrected chi connectivity index (χ3v) is 6.17. The molecule has 0 atom stereocenters. The molecule has 0 bridgehead atoms. The smallest absolute Gasteiger partial charge is 0.231 e. The highest BCUT2D eigenvalue weighted by Gasteiger charge is 2.28. The van der Waals surface area contributed by atoms with Gasteiger partial charge in [0.1, 0.15) is 23.0 Å². The van der Waals surface area contributed by atoms with Crippen molar-refractivity contribution in [2.75, 3.05) is 20.8 Å². The van der Waals surface area contributed by atoms with Gasteiger partial charge in [-0.2, -0.15) is 0 Å². The van der Waals surface area contributed by atoms with Crippen molar-refractivity contribution in [3.63, 3.8) is 0 Å². The molecule has 36 heavy (non-hydrogen) atoms. The van der Waals surface area contributed by atoms with E-state index in [0.717, 1.165) is 28.8 Å². The maximum Gasteiger partial charge on any atom is 0.231 e. The van der Waals surface area contributed by atoms with Crippen molar-refractivity contribution < 1.29 is 28.5 Å². The number of fused-ring (bicyclic) bond motifs is 2. The summed E-state index contributed by atoms with van der Waals surface area (Å²) >= 11 is 0. The third kappa shape index (κ3) is 4.31. The Bertz CT molecular complexity index is 1500. The molecule has 182 valence electrons. The number of ketones is 2. The largest absolute Gasteiger partial charge is 0.497 e. The zero-order valence-electron chi connectivity index (χ0n) is 20.2. The number of rotatable bonds is 8. The molecular formula is C29H25NO6. The van der Waals surface area contributed by atoms with Crippen molar-refractivity contribution in [3.8, 4) is 23.0 Å². The summed E-state index contributed by atoms with van der Waals surface area (Å²) < 4.78 is 24.2. The molecule has 4 aromatic rings. The summed E-state index contributed by atoms with van der Waals surface area (Å²) in [5.41, 5.74) is 2.89. The number of ether oxygens (including phenoxy) is 4. The lowest BCUT2D eigenvalue weighted by Gasteiger charge is -2.07. The lowest BCUT2D eigenvalue weighted by atomic mass is 10.1. The van der Waals surface area contributed by atoms with Crippen molar-refractivity contribution in [1.82, 2.24) is 4.57 Å². The summed E-state index contributed by atoms with van der Waals surface area (Å²) in [7, 11) is 3.20. The van der Waals surface area contributed by atoms with Crippen LogP contribution in [0, 0.1) is 0 Å². The summed E-state index contributed by atoms with van der Waals surface area (Å²) in [5, 5.41) is 0.970. The summed E-state index contributed by atoms with van der Waals surface area (Å²) in [5.74, 6) is 2.12. The first-order valence-corrected chi connectivity index (χ1v) is 11.6. The van der Waals surface area contributed by atoms with Gasteiger partial charge in [-0.3, -0.25) is 9.59 Å². The van der Waals surface area contributed by atoms with E-state index in [1.165, 1.54) is 0 Å². The minimum atomic E-state index is -0.203. The molecule has 0 radical (unpaired) electrons. The highest BCUT2D eigenvalue weighted by Crippen LogP contribution is 2.36. The highest BCUT2D eigenvalue weighted by atomic mass is 16.5. The lowest BCUT2D eigenvalue weighted by molar-refractivity contribution is 0.0920. The molecule has 0 spiro atoms. The zero-order valence-corrected chi connectivity index (χ0v) is 20.2. The molecule has 2 heterocycles. The van der Waals surface area contributed by atoms with Crippen LogP contribution in [0.4, 0.5) is 0 Å². The van der Waals surface area contributed by atoms with Crippen LogP contribution in [0.1, 0.15) is 33.2 Å². The number of aromatic nitrogens is 1. The molecule has 0 fully saturated rings. The van der Waals surface area contributed by atoms with Crippen LogP contribution >= 0.6 is 0 Å². The number of carbonyl (C=O) groups is 2. The Labute approximate surface area is 208 Å². The number of allylic oxidation sites excluding steroid dienone is 1. The minimum absolute atomic E-state index is 0.139. The number of hydrogen-bond acceptors (Lipinski definition) is 6. The maximum absolute atomic E-state index is 13.0. The van der Waals surface area contributed by atoms with E-state index in [1.807, 2.05) is 24.4 Å². The quantitative estimate of drug-likeness (QED) is 0.241. The van der Waals surface area contributed by atoms with Crippen molar-refractivity contribution in [2.45, 2.75) is 13.5 Å². The van der Waals surface area contributed by atoms with E-state index in [4.69, 9.17) is 18.9 Å². The van der Waals surface area contributed by atoms with Gasteiger partial charge < -0.3 is 23.5 Å². The highest BCUT2D eigenvalue weighted by molar-refractivity contribution is 6.15. The van der Waals surface area contributed by atoms with Crippen LogP contribution < -0.4 is 18.9 Å². The van der Waals surface area contributed by atoms with Crippen LogP contribution in [0.5, 0.6) is 23.0 Å². The van der Waals surface area contributed by atoms with E-state index in [2.05, 4.69) is 11.5 Å². The summed E-state index contributed by atoms with van der Waals surface area (Å²) in [6.07, 6.45) is 3.75. The van der Waals surface area contributed by atoms with Crippen LogP contribution in [0.3, 0.4) is 0 Å². The first kappa shape index (κ1) is 23.2. The summed E-state index contributed by atoms with van der Waals surface area (Å²) in [6.45, 7) is 2.71. The van der Waals surface area contributed by atoms with Gasteiger partial charge in [0.05, 0.1) is 19.8 Å². The molecule has 7 heteroatoms. The van der Waals surface area contributed by atoms with Gasteiger partial charge in [-0.25, -0.2) is 0 Å². The fourth-order valence-corrected chi connectivity index (χ4v) is 4.21. The second-order valence-corrected chi connectivity index (χ2v) is 8.29. The van der Waals surface area contributed by atoms with Crippen molar-refractivity contribution in [1.29, 1.82) is 0 Å². The Morgan fingerprint density at radius 2 is 1.67 bits per heavy atom. The Hall–Kier alpha value is -4.52. The fraction of sp³-hybridized carbons (Fsp3) is 0.172. The minimum Gasteiger partial charge on any atom is -0.497 e. The fourth-order valence-electron chi connectivity index (χ4n) is 4.21. The molecule has 1 aliphatic heterocycles. The van der Waals surface area contributed by atoms with Crippen molar-refractivity contribution in [3.05, 3.63) is 89.3 Å². The number of Topliss-reactive ketones (excluding diaryl/α,β-unsaturated/α-hetero) is 2. The average molecular weight is 484 g/mol. The molecule has 0 amide bonds. The maximum atomic E-state index is 13.0. The topological polar surface area (TPSA) is 76.0 Å². The van der Waals surface area contributed by atoms with Gasteiger partial charge in [0.15, 0.2) is 18.1 Å². The predicted octanol–water partition coefficient (Wildman–Crippen LogP) is 5.56. The Morgan fingerprint density at radius 3 is 2.39 bits per heavy atom. The Balaban J connectivity index is 1.35. The average Bonchev–Trinajstić information content (AvgIpc) is 3.43. The number of hydrogen-bond donors (Lipinski definition) is 0. The summed E-state index contributed by atoms with van der Waals surface area (Å²) in [6, 6.07) is 17.7. The van der Waals surface area contributed by atoms with Gasteiger partial charge >= 0.3 is 0 Å². The first-order chi connectivity index (χ1) is 17.5. The normalized spacial score (nSPS) is 13.5. The number of aryl methyl sites for hydroxylation is 1. The van der Waals surface area contributed by atoms with Crippen LogP contribution in [0.15, 0.2) is 72.6 Å². The second-order valence-electron chi connectivity index (χ2n) is 8.29. The van der Waals surface area contributed by atoms with Crippen LogP contribution in [-0.4, -0.2) is 37.0 Å². The second kappa shape index (κ2) is 9.62. The first-order valence-electron chi connectivity index (χ1n) is 11.6. The molecular weight excluding hydrogens is 458 g/mol.